The van der Waals surface area contributed by atoms with Crippen molar-refractivity contribution < 1.29 is 10.2 Å². The fourth-order valence-corrected chi connectivity index (χ4v) is 2.63. The van der Waals surface area contributed by atoms with Crippen LogP contribution in [0.5, 0.6) is 11.5 Å². The molecule has 0 radical (unpaired) electrons. The molecular weight excluding hydrogens is 192 g/mol. The Morgan fingerprint density at radius 2 is 2.00 bits per heavy atom. The molecule has 0 amide bonds. The summed E-state index contributed by atoms with van der Waals surface area (Å²) in [6.45, 7) is 0. The summed E-state index contributed by atoms with van der Waals surface area (Å²) in [7, 11) is 0. The van der Waals surface area contributed by atoms with Crippen LogP contribution in [0.4, 0.5) is 0 Å². The van der Waals surface area contributed by atoms with Gasteiger partial charge in [0.25, 0.3) is 0 Å². The second-order valence-corrected chi connectivity index (χ2v) is 4.13. The third kappa shape index (κ3) is 1.19. The summed E-state index contributed by atoms with van der Waals surface area (Å²) in [5.41, 5.74) is 0. The minimum atomic E-state index is 0.253. The van der Waals surface area contributed by atoms with Crippen molar-refractivity contribution in [2.45, 2.75) is 0 Å². The van der Waals surface area contributed by atoms with Crippen LogP contribution in [-0.4, -0.2) is 10.2 Å². The van der Waals surface area contributed by atoms with Gasteiger partial charge in [0.05, 0.1) is 9.75 Å². The molecule has 0 bridgehead atoms. The standard InChI is InChI=1S/C8H6O2S2/c9-5-3-7(12-4-5)8-6(10)1-2-11-8/h1-4,9-10H. The normalized spacial score (nSPS) is 10.3. The Labute approximate surface area is 77.4 Å². The van der Waals surface area contributed by atoms with E-state index in [1.807, 2.05) is 5.38 Å². The summed E-state index contributed by atoms with van der Waals surface area (Å²) >= 11 is 2.89. The van der Waals surface area contributed by atoms with Gasteiger partial charge in [0, 0.05) is 5.38 Å². The fourth-order valence-electron chi connectivity index (χ4n) is 0.932. The van der Waals surface area contributed by atoms with Crippen LogP contribution in [-0.2, 0) is 0 Å². The first-order valence-electron chi connectivity index (χ1n) is 3.31. The maximum Gasteiger partial charge on any atom is 0.134 e. The number of hydrogen-bond acceptors (Lipinski definition) is 4. The number of aromatic hydroxyl groups is 2. The van der Waals surface area contributed by atoms with Crippen molar-refractivity contribution in [1.82, 2.24) is 0 Å². The third-order valence-corrected chi connectivity index (χ3v) is 3.46. The minimum absolute atomic E-state index is 0.253. The molecule has 0 aliphatic rings. The van der Waals surface area contributed by atoms with E-state index >= 15 is 0 Å². The Morgan fingerprint density at radius 1 is 1.17 bits per heavy atom. The molecule has 4 heteroatoms. The maximum absolute atomic E-state index is 9.35. The summed E-state index contributed by atoms with van der Waals surface area (Å²) in [4.78, 5) is 1.72. The Kier molecular flexibility index (Phi) is 1.78. The lowest BCUT2D eigenvalue weighted by atomic mass is 10.3. The maximum atomic E-state index is 9.35. The van der Waals surface area contributed by atoms with Crippen LogP contribution in [0, 0.1) is 0 Å². The molecular formula is C8H6O2S2. The average Bonchev–Trinajstić information content (AvgIpc) is 2.58. The highest BCUT2D eigenvalue weighted by Crippen LogP contribution is 2.39. The molecule has 0 atom stereocenters. The van der Waals surface area contributed by atoms with Gasteiger partial charge in [-0.15, -0.1) is 22.7 Å². The molecule has 0 unspecified atom stereocenters. The quantitative estimate of drug-likeness (QED) is 0.739. The van der Waals surface area contributed by atoms with Crippen LogP contribution in [0.15, 0.2) is 22.9 Å². The van der Waals surface area contributed by atoms with Gasteiger partial charge in [0.15, 0.2) is 0 Å². The first-order valence-corrected chi connectivity index (χ1v) is 5.07. The summed E-state index contributed by atoms with van der Waals surface area (Å²) in [5, 5.41) is 21.9. The first-order chi connectivity index (χ1) is 5.77. The van der Waals surface area contributed by atoms with E-state index in [0.717, 1.165) is 9.75 Å². The zero-order chi connectivity index (χ0) is 8.55. The van der Waals surface area contributed by atoms with Gasteiger partial charge in [-0.2, -0.15) is 0 Å². The van der Waals surface area contributed by atoms with Crippen LogP contribution >= 0.6 is 22.7 Å². The van der Waals surface area contributed by atoms with Gasteiger partial charge in [-0.25, -0.2) is 0 Å². The van der Waals surface area contributed by atoms with Crippen LogP contribution in [0.2, 0.25) is 0 Å². The summed E-state index contributed by atoms with van der Waals surface area (Å²) < 4.78 is 0. The molecule has 12 heavy (non-hydrogen) atoms. The van der Waals surface area contributed by atoms with E-state index in [4.69, 9.17) is 5.11 Å². The van der Waals surface area contributed by atoms with E-state index in [-0.39, 0.29) is 11.5 Å². The van der Waals surface area contributed by atoms with Crippen molar-refractivity contribution in [3.63, 3.8) is 0 Å². The highest BCUT2D eigenvalue weighted by atomic mass is 32.1. The predicted molar refractivity (Wildman–Crippen MR) is 51.0 cm³/mol. The summed E-state index contributed by atoms with van der Waals surface area (Å²) in [6.07, 6.45) is 0. The Morgan fingerprint density at radius 3 is 2.50 bits per heavy atom. The molecule has 62 valence electrons. The summed E-state index contributed by atoms with van der Waals surface area (Å²) in [6, 6.07) is 3.30. The lowest BCUT2D eigenvalue weighted by molar-refractivity contribution is 0.477. The van der Waals surface area contributed by atoms with Crippen molar-refractivity contribution >= 4 is 22.7 Å². The Hall–Kier alpha value is -1.00. The van der Waals surface area contributed by atoms with Crippen LogP contribution in [0.3, 0.4) is 0 Å². The third-order valence-electron chi connectivity index (χ3n) is 1.45. The van der Waals surface area contributed by atoms with Gasteiger partial charge in [0.1, 0.15) is 11.5 Å². The molecule has 0 aliphatic heterocycles. The second kappa shape index (κ2) is 2.80. The first kappa shape index (κ1) is 7.64. The molecule has 0 aliphatic carbocycles. The highest BCUT2D eigenvalue weighted by Gasteiger charge is 2.07. The van der Waals surface area contributed by atoms with E-state index < -0.39 is 0 Å². The van der Waals surface area contributed by atoms with Gasteiger partial charge in [0.2, 0.25) is 0 Å². The molecule has 0 aromatic carbocycles. The molecule has 2 aromatic heterocycles. The number of hydrogen-bond donors (Lipinski definition) is 2. The highest BCUT2D eigenvalue weighted by molar-refractivity contribution is 7.20. The molecule has 2 rings (SSSR count). The SMILES string of the molecule is Oc1csc(-c2sccc2O)c1. The van der Waals surface area contributed by atoms with Crippen molar-refractivity contribution in [1.29, 1.82) is 0 Å². The molecule has 2 nitrogen and oxygen atoms in total. The largest absolute Gasteiger partial charge is 0.507 e. The van der Waals surface area contributed by atoms with E-state index in [1.54, 1.807) is 17.5 Å². The lowest BCUT2D eigenvalue weighted by Gasteiger charge is -1.90. The molecule has 0 fully saturated rings. The van der Waals surface area contributed by atoms with Gasteiger partial charge >= 0.3 is 0 Å². The predicted octanol–water partition coefficient (Wildman–Crippen LogP) is 2.89. The monoisotopic (exact) mass is 198 g/mol. The molecule has 0 saturated heterocycles. The van der Waals surface area contributed by atoms with Crippen molar-refractivity contribution in [2.75, 3.05) is 0 Å². The van der Waals surface area contributed by atoms with E-state index in [0.29, 0.717) is 0 Å². The van der Waals surface area contributed by atoms with Crippen molar-refractivity contribution in [3.8, 4) is 21.3 Å². The van der Waals surface area contributed by atoms with Gasteiger partial charge in [-0.1, -0.05) is 0 Å². The zero-order valence-electron chi connectivity index (χ0n) is 6.02. The molecule has 0 spiro atoms. The van der Waals surface area contributed by atoms with Gasteiger partial charge < -0.3 is 10.2 Å². The fraction of sp³-hybridized carbons (Fsp3) is 0. The van der Waals surface area contributed by atoms with Gasteiger partial charge in [-0.05, 0) is 17.5 Å². The number of thiophene rings is 2. The zero-order valence-corrected chi connectivity index (χ0v) is 7.65. The molecule has 2 aromatic rings. The molecule has 2 N–H and O–H groups in total. The molecule has 0 saturated carbocycles. The van der Waals surface area contributed by atoms with E-state index in [9.17, 15) is 5.11 Å². The van der Waals surface area contributed by atoms with Gasteiger partial charge in [-0.3, -0.25) is 0 Å². The van der Waals surface area contributed by atoms with Crippen LogP contribution in [0.25, 0.3) is 9.75 Å². The minimum Gasteiger partial charge on any atom is -0.507 e. The van der Waals surface area contributed by atoms with E-state index in [2.05, 4.69) is 0 Å². The van der Waals surface area contributed by atoms with Crippen LogP contribution in [0.1, 0.15) is 0 Å². The number of rotatable bonds is 1. The van der Waals surface area contributed by atoms with Crippen molar-refractivity contribution in [3.05, 3.63) is 22.9 Å². The van der Waals surface area contributed by atoms with Crippen molar-refractivity contribution in [2.24, 2.45) is 0 Å². The summed E-state index contributed by atoms with van der Waals surface area (Å²) in [5.74, 6) is 0.532. The Bertz CT molecular complexity index is 389. The lowest BCUT2D eigenvalue weighted by Crippen LogP contribution is -1.61. The Balaban J connectivity index is 2.50. The topological polar surface area (TPSA) is 40.5 Å². The average molecular weight is 198 g/mol. The molecule has 2 heterocycles. The van der Waals surface area contributed by atoms with E-state index in [1.165, 1.54) is 22.7 Å². The second-order valence-electron chi connectivity index (χ2n) is 2.30. The smallest absolute Gasteiger partial charge is 0.134 e. The van der Waals surface area contributed by atoms with Crippen LogP contribution < -0.4 is 0 Å².